The molecular formula is C62H36N6. The Kier molecular flexibility index (Phi) is 8.01. The van der Waals surface area contributed by atoms with Crippen LogP contribution >= 0.6 is 0 Å². The van der Waals surface area contributed by atoms with Crippen LogP contribution < -0.4 is 0 Å². The third-order valence-electron chi connectivity index (χ3n) is 14.0. The fraction of sp³-hybridized carbons (Fsp3) is 0. The van der Waals surface area contributed by atoms with E-state index in [0.717, 1.165) is 115 Å². The third-order valence-corrected chi connectivity index (χ3v) is 14.0. The molecule has 0 N–H and O–H groups in total. The van der Waals surface area contributed by atoms with Crippen molar-refractivity contribution < 1.29 is 0 Å². The van der Waals surface area contributed by atoms with Gasteiger partial charge in [0, 0.05) is 60.0 Å². The largest absolute Gasteiger partial charge is 0.317 e. The van der Waals surface area contributed by atoms with E-state index in [2.05, 4.69) is 223 Å². The Hall–Kier alpha value is -9.62. The zero-order chi connectivity index (χ0) is 45.0. The Morgan fingerprint density at radius 2 is 0.691 bits per heavy atom. The summed E-state index contributed by atoms with van der Waals surface area (Å²) < 4.78 is 9.36. The minimum atomic E-state index is 0.387. The molecule has 314 valence electrons. The van der Waals surface area contributed by atoms with E-state index in [0.29, 0.717) is 16.9 Å². The van der Waals surface area contributed by atoms with Crippen molar-refractivity contribution >= 4 is 92.9 Å². The molecule has 14 rings (SSSR count). The van der Waals surface area contributed by atoms with Gasteiger partial charge in [-0.1, -0.05) is 140 Å². The quantitative estimate of drug-likeness (QED) is 0.159. The molecule has 0 spiro atoms. The van der Waals surface area contributed by atoms with Crippen molar-refractivity contribution in [3.05, 3.63) is 235 Å². The van der Waals surface area contributed by atoms with E-state index in [9.17, 15) is 5.26 Å². The molecule has 6 heteroatoms. The molecule has 0 unspecified atom stereocenters. The van der Waals surface area contributed by atoms with Crippen LogP contribution in [-0.2, 0) is 0 Å². The highest BCUT2D eigenvalue weighted by atomic mass is 15.1. The zero-order valence-electron chi connectivity index (χ0n) is 36.5. The summed E-state index contributed by atoms with van der Waals surface area (Å²) in [4.78, 5) is 4.36. The molecule has 14 aromatic rings. The van der Waals surface area contributed by atoms with E-state index >= 15 is 0 Å². The van der Waals surface area contributed by atoms with Crippen molar-refractivity contribution in [1.82, 2.24) is 18.3 Å². The van der Waals surface area contributed by atoms with Crippen molar-refractivity contribution in [1.29, 1.82) is 5.26 Å². The van der Waals surface area contributed by atoms with Crippen molar-refractivity contribution in [3.8, 4) is 39.9 Å². The van der Waals surface area contributed by atoms with Gasteiger partial charge < -0.3 is 18.3 Å². The third kappa shape index (κ3) is 5.09. The van der Waals surface area contributed by atoms with E-state index in [-0.39, 0.29) is 0 Å². The molecule has 0 bridgehead atoms. The van der Waals surface area contributed by atoms with Gasteiger partial charge in [0.25, 0.3) is 0 Å². The highest BCUT2D eigenvalue weighted by molar-refractivity contribution is 6.31. The summed E-state index contributed by atoms with van der Waals surface area (Å²) in [7, 11) is 0. The molecule has 0 aliphatic carbocycles. The van der Waals surface area contributed by atoms with Gasteiger partial charge in [-0.25, -0.2) is 4.85 Å². The average molecular weight is 865 g/mol. The van der Waals surface area contributed by atoms with Crippen LogP contribution in [0.15, 0.2) is 218 Å². The molecule has 10 aromatic carbocycles. The number of benzene rings is 10. The molecule has 0 amide bonds. The standard InChI is InChI=1S/C62H36N6/c1-64-47-37-40(38-63)56(39-19-5-2-6-20-39)62(68-51-32-18-14-28-46(51)60-55(68)36-34-53-58(60)44-26-12-16-30-49(44)66(53)42-23-9-4-10-24-42)61(47)67-50-31-17-13-27-45(50)59-54(67)35-33-52-57(59)43-25-11-15-29-48(43)65(52)41-21-7-3-8-22-41/h2-37H. The van der Waals surface area contributed by atoms with E-state index in [4.69, 9.17) is 6.57 Å². The number of fused-ring (bicyclic) bond motifs is 14. The van der Waals surface area contributed by atoms with Crippen LogP contribution in [0.2, 0.25) is 0 Å². The van der Waals surface area contributed by atoms with Gasteiger partial charge in [0.1, 0.15) is 0 Å². The Balaban J connectivity index is 1.20. The predicted octanol–water partition coefficient (Wildman–Crippen LogP) is 16.2. The van der Waals surface area contributed by atoms with Crippen molar-refractivity contribution in [3.63, 3.8) is 0 Å². The molecule has 6 nitrogen and oxygen atoms in total. The number of rotatable bonds is 5. The number of hydrogen-bond donors (Lipinski definition) is 0. The second-order valence-electron chi connectivity index (χ2n) is 17.4. The van der Waals surface area contributed by atoms with Gasteiger partial charge in [0.15, 0.2) is 0 Å². The van der Waals surface area contributed by atoms with Gasteiger partial charge in [0.2, 0.25) is 5.69 Å². The normalized spacial score (nSPS) is 11.8. The van der Waals surface area contributed by atoms with E-state index < -0.39 is 0 Å². The molecule has 68 heavy (non-hydrogen) atoms. The topological polar surface area (TPSA) is 47.9 Å². The lowest BCUT2D eigenvalue weighted by atomic mass is 9.95. The first-order valence-electron chi connectivity index (χ1n) is 22.8. The Bertz CT molecular complexity index is 4500. The Morgan fingerprint density at radius 3 is 1.09 bits per heavy atom. The molecule has 0 fully saturated rings. The summed E-state index contributed by atoms with van der Waals surface area (Å²) in [6.45, 7) is 9.01. The lowest BCUT2D eigenvalue weighted by molar-refractivity contribution is 1.10. The van der Waals surface area contributed by atoms with Gasteiger partial charge in [-0.15, -0.1) is 0 Å². The van der Waals surface area contributed by atoms with Crippen LogP contribution in [0, 0.1) is 17.9 Å². The van der Waals surface area contributed by atoms with Crippen LogP contribution in [0.3, 0.4) is 0 Å². The monoisotopic (exact) mass is 864 g/mol. The van der Waals surface area contributed by atoms with E-state index in [1.165, 1.54) is 0 Å². The maximum Gasteiger partial charge on any atom is 0.214 e. The van der Waals surface area contributed by atoms with E-state index in [1.54, 1.807) is 6.07 Å². The number of aromatic nitrogens is 4. The molecule has 0 atom stereocenters. The molecule has 0 aliphatic heterocycles. The first-order valence-corrected chi connectivity index (χ1v) is 22.8. The van der Waals surface area contributed by atoms with Crippen molar-refractivity contribution in [2.24, 2.45) is 0 Å². The molecule has 4 heterocycles. The zero-order valence-corrected chi connectivity index (χ0v) is 36.5. The van der Waals surface area contributed by atoms with Crippen molar-refractivity contribution in [2.45, 2.75) is 0 Å². The van der Waals surface area contributed by atoms with Gasteiger partial charge in [-0.3, -0.25) is 0 Å². The second-order valence-corrected chi connectivity index (χ2v) is 17.4. The fourth-order valence-electron chi connectivity index (χ4n) is 11.4. The maximum absolute atomic E-state index is 11.2. The van der Waals surface area contributed by atoms with Gasteiger partial charge >= 0.3 is 0 Å². The van der Waals surface area contributed by atoms with Crippen LogP contribution in [-0.4, -0.2) is 18.3 Å². The molecule has 0 radical (unpaired) electrons. The number of nitrogens with zero attached hydrogens (tertiary/aromatic N) is 6. The van der Waals surface area contributed by atoms with Crippen LogP contribution in [0.1, 0.15) is 5.56 Å². The summed E-state index contributed by atoms with van der Waals surface area (Å²) in [6, 6.07) is 79.1. The van der Waals surface area contributed by atoms with Crippen LogP contribution in [0.5, 0.6) is 0 Å². The van der Waals surface area contributed by atoms with Crippen LogP contribution in [0.4, 0.5) is 5.69 Å². The van der Waals surface area contributed by atoms with Gasteiger partial charge in [0.05, 0.1) is 73.7 Å². The summed E-state index contributed by atoms with van der Waals surface area (Å²) in [5.74, 6) is 0. The summed E-state index contributed by atoms with van der Waals surface area (Å²) in [5.41, 5.74) is 14.5. The number of nitriles is 1. The van der Waals surface area contributed by atoms with E-state index in [1.807, 2.05) is 18.2 Å². The Morgan fingerprint density at radius 1 is 0.353 bits per heavy atom. The second kappa shape index (κ2) is 14.4. The van der Waals surface area contributed by atoms with Crippen molar-refractivity contribution in [2.75, 3.05) is 0 Å². The van der Waals surface area contributed by atoms with Crippen LogP contribution in [0.25, 0.3) is 126 Å². The highest BCUT2D eigenvalue weighted by Gasteiger charge is 2.30. The number of para-hydroxylation sites is 6. The average Bonchev–Trinajstić information content (AvgIpc) is 4.13. The highest BCUT2D eigenvalue weighted by Crippen LogP contribution is 2.50. The summed E-state index contributed by atoms with van der Waals surface area (Å²) >= 11 is 0. The van der Waals surface area contributed by atoms with Gasteiger partial charge in [-0.05, 0) is 84.4 Å². The molecular weight excluding hydrogens is 829 g/mol. The smallest absolute Gasteiger partial charge is 0.214 e. The number of hydrogen-bond acceptors (Lipinski definition) is 1. The molecule has 0 saturated heterocycles. The SMILES string of the molecule is [C-]#[N+]c1cc(C#N)c(-c2ccccc2)c(-n2c3ccccc3c3c4c5ccccc5n(-c5ccccc5)c4ccc32)c1-n1c2ccccc2c2c3c4ccccc4n(-c4ccccc4)c3ccc21. The molecule has 0 aliphatic rings. The minimum Gasteiger partial charge on any atom is -0.317 e. The first kappa shape index (κ1) is 37.7. The lowest BCUT2D eigenvalue weighted by Crippen LogP contribution is -2.07. The predicted molar refractivity (Wildman–Crippen MR) is 280 cm³/mol. The minimum absolute atomic E-state index is 0.387. The summed E-state index contributed by atoms with van der Waals surface area (Å²) in [5, 5.41) is 20.2. The summed E-state index contributed by atoms with van der Waals surface area (Å²) in [6.07, 6.45) is 0. The van der Waals surface area contributed by atoms with Gasteiger partial charge in [-0.2, -0.15) is 5.26 Å². The fourth-order valence-corrected chi connectivity index (χ4v) is 11.4. The maximum atomic E-state index is 11.2. The lowest BCUT2D eigenvalue weighted by Gasteiger charge is -2.23. The first-order chi connectivity index (χ1) is 33.7. The molecule has 0 saturated carbocycles. The Labute approximate surface area is 390 Å². The molecule has 4 aromatic heterocycles.